The number of benzene rings is 1. The molecule has 5 nitrogen and oxygen atoms in total. The number of nitrogens with one attached hydrogen (secondary N) is 1. The molecule has 2 unspecified atom stereocenters. The number of hydrogen-bond donors (Lipinski definition) is 4. The summed E-state index contributed by atoms with van der Waals surface area (Å²) in [4.78, 5) is 11.7. The van der Waals surface area contributed by atoms with E-state index in [1.54, 1.807) is 0 Å². The molecule has 0 spiro atoms. The topological polar surface area (TPSA) is 82.7 Å². The molecule has 24 heavy (non-hydrogen) atoms. The van der Waals surface area contributed by atoms with Crippen molar-refractivity contribution in [2.24, 2.45) is 0 Å². The quantitative estimate of drug-likeness (QED) is 0.484. The van der Waals surface area contributed by atoms with Gasteiger partial charge in [-0.05, 0) is 25.0 Å². The summed E-state index contributed by atoms with van der Waals surface area (Å²) in [6.07, 6.45) is -3.57. The Morgan fingerprint density at radius 1 is 1.42 bits per heavy atom. The number of furan rings is 1. The smallest absolute Gasteiger partial charge is 0.463 e. The lowest BCUT2D eigenvalue weighted by molar-refractivity contribution is -0.136. The van der Waals surface area contributed by atoms with Gasteiger partial charge < -0.3 is 19.8 Å². The third-order valence-electron chi connectivity index (χ3n) is 3.49. The van der Waals surface area contributed by atoms with Gasteiger partial charge in [-0.15, -0.1) is 0 Å². The molecule has 3 N–H and O–H groups in total. The molecule has 0 saturated heterocycles. The van der Waals surface area contributed by atoms with E-state index in [9.17, 15) is 28.0 Å². The third kappa shape index (κ3) is 4.06. The van der Waals surface area contributed by atoms with E-state index in [1.165, 1.54) is 19.1 Å². The van der Waals surface area contributed by atoms with Gasteiger partial charge in [-0.3, -0.25) is 4.79 Å². The van der Waals surface area contributed by atoms with Crippen LogP contribution in [0.3, 0.4) is 0 Å². The number of alkyl halides is 3. The molecule has 1 amide bonds. The lowest BCUT2D eigenvalue weighted by atomic mass is 9.75. The molecule has 0 radical (unpaired) electrons. The van der Waals surface area contributed by atoms with Crippen LogP contribution in [0.1, 0.15) is 18.1 Å². The molecule has 10 heteroatoms. The average Bonchev–Trinajstić information content (AvgIpc) is 2.88. The number of thiol groups is 1. The van der Waals surface area contributed by atoms with Crippen molar-refractivity contribution in [2.75, 3.05) is 0 Å². The molecule has 1 aromatic heterocycles. The third-order valence-corrected chi connectivity index (χ3v) is 3.73. The van der Waals surface area contributed by atoms with Crippen LogP contribution in [0.4, 0.5) is 13.2 Å². The van der Waals surface area contributed by atoms with Crippen molar-refractivity contribution < 1.29 is 32.4 Å². The van der Waals surface area contributed by atoms with Crippen LogP contribution in [0.5, 0.6) is 0 Å². The Kier molecular flexibility index (Phi) is 5.51. The highest BCUT2D eigenvalue weighted by Gasteiger charge is 2.35. The predicted molar refractivity (Wildman–Crippen MR) is 85.5 cm³/mol. The standard InChI is InChI=1S/C14H15BF3NO4S/c1-7(24)13(20)19-11(15(21)22)5-8-6-23-12-9(8)3-2-4-10(12)14(16,17)18/h2-4,6-7,11,21-22,24H,5H2,1H3,(H,19,20). The summed E-state index contributed by atoms with van der Waals surface area (Å²) >= 11 is 3.94. The zero-order valence-corrected chi connectivity index (χ0v) is 13.4. The van der Waals surface area contributed by atoms with Crippen molar-refractivity contribution in [3.05, 3.63) is 35.6 Å². The van der Waals surface area contributed by atoms with Gasteiger partial charge in [0.05, 0.1) is 23.0 Å². The zero-order valence-electron chi connectivity index (χ0n) is 12.5. The summed E-state index contributed by atoms with van der Waals surface area (Å²) in [5.41, 5.74) is -0.929. The maximum absolute atomic E-state index is 13.0. The Hall–Kier alpha value is -1.65. The molecule has 2 atom stereocenters. The van der Waals surface area contributed by atoms with Gasteiger partial charge in [-0.2, -0.15) is 25.8 Å². The largest absolute Gasteiger partial charge is 0.475 e. The number of para-hydroxylation sites is 1. The normalized spacial score (nSPS) is 14.5. The molecule has 0 aliphatic rings. The lowest BCUT2D eigenvalue weighted by Gasteiger charge is -2.18. The van der Waals surface area contributed by atoms with E-state index in [4.69, 9.17) is 4.42 Å². The molecule has 1 heterocycles. The van der Waals surface area contributed by atoms with E-state index >= 15 is 0 Å². The van der Waals surface area contributed by atoms with Crippen molar-refractivity contribution in [3.8, 4) is 0 Å². The Morgan fingerprint density at radius 3 is 2.62 bits per heavy atom. The van der Waals surface area contributed by atoms with Gasteiger partial charge in [0.2, 0.25) is 5.91 Å². The first kappa shape index (κ1) is 18.7. The van der Waals surface area contributed by atoms with Crippen molar-refractivity contribution >= 4 is 36.6 Å². The van der Waals surface area contributed by atoms with Crippen molar-refractivity contribution in [3.63, 3.8) is 0 Å². The number of carbonyl (C=O) groups is 1. The molecular formula is C14H15BF3NO4S. The molecule has 0 aliphatic carbocycles. The first-order valence-electron chi connectivity index (χ1n) is 7.02. The molecule has 0 saturated carbocycles. The molecule has 0 bridgehead atoms. The lowest BCUT2D eigenvalue weighted by Crippen LogP contribution is -2.49. The number of rotatable bonds is 5. The van der Waals surface area contributed by atoms with E-state index in [0.29, 0.717) is 5.56 Å². The van der Waals surface area contributed by atoms with Crippen LogP contribution in [0.2, 0.25) is 0 Å². The monoisotopic (exact) mass is 361 g/mol. The summed E-state index contributed by atoms with van der Waals surface area (Å²) in [5.74, 6) is -1.64. The van der Waals surface area contributed by atoms with E-state index in [0.717, 1.165) is 12.3 Å². The highest BCUT2D eigenvalue weighted by molar-refractivity contribution is 7.81. The van der Waals surface area contributed by atoms with Gasteiger partial charge >= 0.3 is 13.3 Å². The summed E-state index contributed by atoms with van der Waals surface area (Å²) in [5, 5.41) is 20.7. The molecule has 2 rings (SSSR count). The van der Waals surface area contributed by atoms with E-state index in [1.807, 2.05) is 0 Å². The van der Waals surface area contributed by atoms with Crippen molar-refractivity contribution in [2.45, 2.75) is 30.7 Å². The van der Waals surface area contributed by atoms with Gasteiger partial charge in [0.15, 0.2) is 0 Å². The minimum absolute atomic E-state index is 0.113. The Morgan fingerprint density at radius 2 is 2.08 bits per heavy atom. The fraction of sp³-hybridized carbons (Fsp3) is 0.357. The van der Waals surface area contributed by atoms with E-state index in [-0.39, 0.29) is 17.4 Å². The van der Waals surface area contributed by atoms with Gasteiger partial charge in [0.25, 0.3) is 0 Å². The zero-order chi connectivity index (χ0) is 18.1. The molecular weight excluding hydrogens is 346 g/mol. The molecule has 0 fully saturated rings. The highest BCUT2D eigenvalue weighted by atomic mass is 32.1. The van der Waals surface area contributed by atoms with Gasteiger partial charge in [0, 0.05) is 5.39 Å². The minimum atomic E-state index is -4.57. The first-order valence-corrected chi connectivity index (χ1v) is 7.53. The minimum Gasteiger partial charge on any atom is -0.463 e. The Bertz CT molecular complexity index is 732. The fourth-order valence-corrected chi connectivity index (χ4v) is 2.34. The van der Waals surface area contributed by atoms with Crippen molar-refractivity contribution in [1.82, 2.24) is 5.32 Å². The summed E-state index contributed by atoms with van der Waals surface area (Å²) in [6.45, 7) is 1.50. The second-order valence-corrected chi connectivity index (χ2v) is 6.12. The summed E-state index contributed by atoms with van der Waals surface area (Å²) < 4.78 is 43.9. The van der Waals surface area contributed by atoms with Crippen LogP contribution < -0.4 is 5.32 Å². The number of carbonyl (C=O) groups excluding carboxylic acids is 1. The van der Waals surface area contributed by atoms with Gasteiger partial charge in [-0.1, -0.05) is 12.1 Å². The predicted octanol–water partition coefficient (Wildman–Crippen LogP) is 1.81. The molecule has 130 valence electrons. The number of fused-ring (bicyclic) bond motifs is 1. The van der Waals surface area contributed by atoms with E-state index < -0.39 is 36.0 Å². The summed E-state index contributed by atoms with van der Waals surface area (Å²) in [7, 11) is -1.89. The Labute approximate surface area is 141 Å². The van der Waals surface area contributed by atoms with E-state index in [2.05, 4.69) is 17.9 Å². The number of hydrogen-bond acceptors (Lipinski definition) is 5. The van der Waals surface area contributed by atoms with Gasteiger partial charge in [0.1, 0.15) is 5.58 Å². The van der Waals surface area contributed by atoms with Gasteiger partial charge in [-0.25, -0.2) is 0 Å². The SMILES string of the molecule is CC(S)C(=O)NC(Cc1coc2c(C(F)(F)F)cccc12)B(O)O. The number of halogens is 3. The van der Waals surface area contributed by atoms with Crippen LogP contribution in [0.25, 0.3) is 11.0 Å². The second-order valence-electron chi connectivity index (χ2n) is 5.35. The van der Waals surface area contributed by atoms with Crippen LogP contribution in [0, 0.1) is 0 Å². The average molecular weight is 361 g/mol. The molecule has 0 aliphatic heterocycles. The maximum atomic E-state index is 13.0. The molecule has 2 aromatic rings. The number of amides is 1. The second kappa shape index (κ2) is 7.08. The van der Waals surface area contributed by atoms with Crippen LogP contribution in [0.15, 0.2) is 28.9 Å². The van der Waals surface area contributed by atoms with Crippen LogP contribution >= 0.6 is 12.6 Å². The van der Waals surface area contributed by atoms with Crippen molar-refractivity contribution in [1.29, 1.82) is 0 Å². The Balaban J connectivity index is 2.33. The van der Waals surface area contributed by atoms with Crippen LogP contribution in [-0.4, -0.2) is 34.3 Å². The fourth-order valence-electron chi connectivity index (χ4n) is 2.26. The van der Waals surface area contributed by atoms with Crippen LogP contribution in [-0.2, 0) is 17.4 Å². The summed E-state index contributed by atoms with van der Waals surface area (Å²) in [6, 6.07) is 3.58. The first-order chi connectivity index (χ1) is 11.1. The maximum Gasteiger partial charge on any atom is 0.475 e. The molecule has 1 aromatic carbocycles. The highest BCUT2D eigenvalue weighted by Crippen LogP contribution is 2.36.